The van der Waals surface area contributed by atoms with E-state index in [0.29, 0.717) is 10.0 Å². The van der Waals surface area contributed by atoms with Crippen LogP contribution in [0.3, 0.4) is 0 Å². The van der Waals surface area contributed by atoms with Gasteiger partial charge in [-0.1, -0.05) is 17.7 Å². The zero-order valence-electron chi connectivity index (χ0n) is 10.2. The lowest BCUT2D eigenvalue weighted by molar-refractivity contribution is 0.603. The molecule has 0 aliphatic heterocycles. The predicted octanol–water partition coefficient (Wildman–Crippen LogP) is 4.42. The summed E-state index contributed by atoms with van der Waals surface area (Å²) in [5.41, 5.74) is 2.43. The SMILES string of the molecule is Cc1ccc(NS(=O)(=O)c2cc(C)c(Cl)s2)cc1I. The Labute approximate surface area is 135 Å². The van der Waals surface area contributed by atoms with E-state index in [1.165, 1.54) is 0 Å². The van der Waals surface area contributed by atoms with E-state index in [1.54, 1.807) is 25.1 Å². The largest absolute Gasteiger partial charge is 0.279 e. The second kappa shape index (κ2) is 5.59. The van der Waals surface area contributed by atoms with Crippen LogP contribution < -0.4 is 4.72 Å². The highest BCUT2D eigenvalue weighted by Crippen LogP contribution is 2.31. The standard InChI is InChI=1S/C12H11ClINO2S2/c1-7-3-4-9(6-10(7)14)15-19(16,17)11-5-8(2)12(13)18-11/h3-6,15H,1-2H3. The number of anilines is 1. The molecule has 0 radical (unpaired) electrons. The highest BCUT2D eigenvalue weighted by Gasteiger charge is 2.18. The number of sulfonamides is 1. The van der Waals surface area contributed by atoms with Crippen LogP contribution in [-0.2, 0) is 10.0 Å². The quantitative estimate of drug-likeness (QED) is 0.737. The molecule has 0 aliphatic carbocycles. The summed E-state index contributed by atoms with van der Waals surface area (Å²) in [5, 5.41) is 0. The summed E-state index contributed by atoms with van der Waals surface area (Å²) >= 11 is 9.14. The van der Waals surface area contributed by atoms with Gasteiger partial charge in [0.1, 0.15) is 4.21 Å². The minimum absolute atomic E-state index is 0.227. The van der Waals surface area contributed by atoms with E-state index in [1.807, 2.05) is 13.0 Å². The molecule has 1 N–H and O–H groups in total. The van der Waals surface area contributed by atoms with E-state index >= 15 is 0 Å². The second-order valence-electron chi connectivity index (χ2n) is 4.09. The molecular weight excluding hydrogens is 417 g/mol. The molecule has 1 heterocycles. The topological polar surface area (TPSA) is 46.2 Å². The Morgan fingerprint density at radius 3 is 2.42 bits per heavy atom. The molecule has 0 spiro atoms. The molecule has 3 nitrogen and oxygen atoms in total. The Bertz CT molecular complexity index is 706. The Hall–Kier alpha value is -0.310. The van der Waals surface area contributed by atoms with Crippen molar-refractivity contribution in [2.75, 3.05) is 4.72 Å². The number of aryl methyl sites for hydroxylation is 2. The number of hydrogen-bond donors (Lipinski definition) is 1. The van der Waals surface area contributed by atoms with Crippen LogP contribution in [0.2, 0.25) is 4.34 Å². The highest BCUT2D eigenvalue weighted by molar-refractivity contribution is 14.1. The first-order valence-corrected chi connectivity index (χ1v) is 9.10. The number of benzene rings is 1. The third kappa shape index (κ3) is 3.42. The molecule has 0 amide bonds. The first-order chi connectivity index (χ1) is 8.79. The zero-order valence-corrected chi connectivity index (χ0v) is 14.7. The highest BCUT2D eigenvalue weighted by atomic mass is 127. The van der Waals surface area contributed by atoms with Crippen LogP contribution >= 0.6 is 45.5 Å². The van der Waals surface area contributed by atoms with Gasteiger partial charge in [-0.3, -0.25) is 4.72 Å². The molecule has 1 aromatic heterocycles. The van der Waals surface area contributed by atoms with Crippen molar-refractivity contribution in [1.82, 2.24) is 0 Å². The Kier molecular flexibility index (Phi) is 4.44. The van der Waals surface area contributed by atoms with Crippen molar-refractivity contribution in [3.63, 3.8) is 0 Å². The lowest BCUT2D eigenvalue weighted by Gasteiger charge is -2.07. The maximum Gasteiger partial charge on any atom is 0.271 e. The first kappa shape index (κ1) is 15.1. The molecule has 1 aromatic carbocycles. The third-order valence-corrected chi connectivity index (χ3v) is 7.10. The van der Waals surface area contributed by atoms with Crippen molar-refractivity contribution in [3.8, 4) is 0 Å². The van der Waals surface area contributed by atoms with Gasteiger partial charge in [0, 0.05) is 9.26 Å². The summed E-state index contributed by atoms with van der Waals surface area (Å²) < 4.78 is 28.7. The van der Waals surface area contributed by atoms with Crippen molar-refractivity contribution in [3.05, 3.63) is 43.3 Å². The average Bonchev–Trinajstić information content (AvgIpc) is 2.65. The van der Waals surface area contributed by atoms with Crippen LogP contribution in [0.25, 0.3) is 0 Å². The lowest BCUT2D eigenvalue weighted by Crippen LogP contribution is -2.11. The van der Waals surface area contributed by atoms with Gasteiger partial charge in [0.25, 0.3) is 10.0 Å². The van der Waals surface area contributed by atoms with Crippen LogP contribution in [0.4, 0.5) is 5.69 Å². The van der Waals surface area contributed by atoms with Crippen LogP contribution in [0.15, 0.2) is 28.5 Å². The molecule has 0 fully saturated rings. The first-order valence-electron chi connectivity index (χ1n) is 5.34. The molecule has 19 heavy (non-hydrogen) atoms. The second-order valence-corrected chi connectivity index (χ2v) is 8.82. The molecule has 0 bridgehead atoms. The normalized spacial score (nSPS) is 11.6. The minimum Gasteiger partial charge on any atom is -0.279 e. The fourth-order valence-corrected chi connectivity index (χ4v) is 4.70. The monoisotopic (exact) mass is 427 g/mol. The summed E-state index contributed by atoms with van der Waals surface area (Å²) in [5.74, 6) is 0. The summed E-state index contributed by atoms with van der Waals surface area (Å²) in [6, 6.07) is 7.01. The Morgan fingerprint density at radius 1 is 1.21 bits per heavy atom. The fraction of sp³-hybridized carbons (Fsp3) is 0.167. The third-order valence-electron chi connectivity index (χ3n) is 2.52. The smallest absolute Gasteiger partial charge is 0.271 e. The van der Waals surface area contributed by atoms with Crippen molar-refractivity contribution < 1.29 is 8.42 Å². The van der Waals surface area contributed by atoms with Crippen LogP contribution in [-0.4, -0.2) is 8.42 Å². The van der Waals surface area contributed by atoms with E-state index in [9.17, 15) is 8.42 Å². The molecule has 2 aromatic rings. The summed E-state index contributed by atoms with van der Waals surface area (Å²) in [4.78, 5) is 0. The van der Waals surface area contributed by atoms with Gasteiger partial charge in [-0.05, 0) is 65.8 Å². The van der Waals surface area contributed by atoms with Crippen LogP contribution in [0.1, 0.15) is 11.1 Å². The minimum atomic E-state index is -3.56. The molecule has 0 unspecified atom stereocenters. The van der Waals surface area contributed by atoms with Crippen molar-refractivity contribution in [2.24, 2.45) is 0 Å². The maximum absolute atomic E-state index is 12.2. The van der Waals surface area contributed by atoms with E-state index < -0.39 is 10.0 Å². The number of halogens is 2. The number of thiophene rings is 1. The molecule has 102 valence electrons. The van der Waals surface area contributed by atoms with Gasteiger partial charge in [0.2, 0.25) is 0 Å². The fourth-order valence-electron chi connectivity index (χ4n) is 1.43. The van der Waals surface area contributed by atoms with Crippen LogP contribution in [0, 0.1) is 17.4 Å². The van der Waals surface area contributed by atoms with Gasteiger partial charge < -0.3 is 0 Å². The van der Waals surface area contributed by atoms with Crippen molar-refractivity contribution >= 4 is 61.2 Å². The number of hydrogen-bond acceptors (Lipinski definition) is 3. The average molecular weight is 428 g/mol. The van der Waals surface area contributed by atoms with E-state index in [-0.39, 0.29) is 4.21 Å². The van der Waals surface area contributed by atoms with Crippen molar-refractivity contribution in [2.45, 2.75) is 18.1 Å². The van der Waals surface area contributed by atoms with Gasteiger partial charge >= 0.3 is 0 Å². The summed E-state index contributed by atoms with van der Waals surface area (Å²) in [6.07, 6.45) is 0. The molecule has 7 heteroatoms. The molecule has 0 aliphatic rings. The summed E-state index contributed by atoms with van der Waals surface area (Å²) in [6.45, 7) is 3.76. The molecule has 0 atom stereocenters. The van der Waals surface area contributed by atoms with E-state index in [2.05, 4.69) is 27.3 Å². The Balaban J connectivity index is 2.33. The molecule has 2 rings (SSSR count). The van der Waals surface area contributed by atoms with Gasteiger partial charge in [0.15, 0.2) is 0 Å². The van der Waals surface area contributed by atoms with Gasteiger partial charge in [0.05, 0.1) is 4.34 Å². The summed E-state index contributed by atoms with van der Waals surface area (Å²) in [7, 11) is -3.56. The Morgan fingerprint density at radius 2 is 1.89 bits per heavy atom. The molecule has 0 saturated heterocycles. The van der Waals surface area contributed by atoms with Gasteiger partial charge in [-0.25, -0.2) is 8.42 Å². The van der Waals surface area contributed by atoms with Gasteiger partial charge in [-0.2, -0.15) is 0 Å². The van der Waals surface area contributed by atoms with E-state index in [0.717, 1.165) is 26.0 Å². The van der Waals surface area contributed by atoms with E-state index in [4.69, 9.17) is 11.6 Å². The number of nitrogens with one attached hydrogen (secondary N) is 1. The molecular formula is C12H11ClINO2S2. The number of rotatable bonds is 3. The van der Waals surface area contributed by atoms with Crippen LogP contribution in [0.5, 0.6) is 0 Å². The zero-order chi connectivity index (χ0) is 14.2. The lowest BCUT2D eigenvalue weighted by atomic mass is 10.2. The molecule has 0 saturated carbocycles. The predicted molar refractivity (Wildman–Crippen MR) is 88.8 cm³/mol. The van der Waals surface area contributed by atoms with Crippen molar-refractivity contribution in [1.29, 1.82) is 0 Å². The maximum atomic E-state index is 12.2. The van der Waals surface area contributed by atoms with Gasteiger partial charge in [-0.15, -0.1) is 11.3 Å².